The first-order valence-electron chi connectivity index (χ1n) is 22.4. The van der Waals surface area contributed by atoms with Gasteiger partial charge in [-0.1, -0.05) is 59.1 Å². The number of ether oxygens (including phenoxy) is 4. The van der Waals surface area contributed by atoms with Gasteiger partial charge in [-0.05, 0) is 125 Å². The van der Waals surface area contributed by atoms with Gasteiger partial charge in [-0.2, -0.15) is 0 Å². The largest absolute Gasteiger partial charge is 0.497 e. The molecule has 332 valence electrons. The zero-order valence-electron chi connectivity index (χ0n) is 37.8. The fourth-order valence-corrected chi connectivity index (χ4v) is 8.90. The van der Waals surface area contributed by atoms with Crippen LogP contribution < -0.4 is 30.2 Å². The van der Waals surface area contributed by atoms with Crippen LogP contribution in [0.2, 0.25) is 0 Å². The smallest absolute Gasteiger partial charge is 0.256 e. The van der Waals surface area contributed by atoms with Crippen LogP contribution in [0, 0.1) is 0 Å². The maximum Gasteiger partial charge on any atom is 0.256 e. The maximum absolute atomic E-state index is 12.8. The number of carbonyl (C=O) groups excluding carboxylic acids is 3. The van der Waals surface area contributed by atoms with E-state index in [0.717, 1.165) is 89.2 Å². The minimum Gasteiger partial charge on any atom is -0.497 e. The minimum absolute atomic E-state index is 0.0914. The zero-order valence-corrected chi connectivity index (χ0v) is 37.8. The molecular weight excluding hydrogens is 793 g/mol. The van der Waals surface area contributed by atoms with Crippen molar-refractivity contribution in [1.29, 1.82) is 0 Å². The molecule has 3 amide bonds. The molecule has 2 fully saturated rings. The molecule has 3 aliphatic heterocycles. The number of amides is 3. The summed E-state index contributed by atoms with van der Waals surface area (Å²) < 4.78 is 22.8. The molecule has 1 saturated carbocycles. The van der Waals surface area contributed by atoms with Crippen molar-refractivity contribution in [2.75, 3.05) is 69.6 Å². The standard InChI is InChI=1S/C29H35N3O4.C23H27NO3/c1-20(33)30-23-8-9-24-26(29(34)31-27(24)19-23)18-21-7-10-28(25(17-21)22-5-3-2-4-6-22)36-16-13-32-11-14-35-15-12-32;1-13(2)17-9-15(10-18(14(3)4)22(17)27-6)11-20-19-12-16(26-5)7-8-21(19)24-23(20)25/h7-10,17-19,22H,2-6,11-16H2,1H3,(H,30,33)(H,31,34);7-14H,1-6H3,(H,24,25). The van der Waals surface area contributed by atoms with Crippen molar-refractivity contribution in [3.05, 3.63) is 106 Å². The second-order valence-corrected chi connectivity index (χ2v) is 17.4. The van der Waals surface area contributed by atoms with E-state index in [1.165, 1.54) is 44.6 Å². The summed E-state index contributed by atoms with van der Waals surface area (Å²) in [5.74, 6) is 3.41. The third kappa shape index (κ3) is 10.8. The lowest BCUT2D eigenvalue weighted by Crippen LogP contribution is -2.38. The Morgan fingerprint density at radius 1 is 0.778 bits per heavy atom. The summed E-state index contributed by atoms with van der Waals surface area (Å²) in [7, 11) is 3.35. The summed E-state index contributed by atoms with van der Waals surface area (Å²) in [6, 6.07) is 21.7. The molecule has 0 atom stereocenters. The first kappa shape index (κ1) is 45.1. The van der Waals surface area contributed by atoms with Gasteiger partial charge in [-0.3, -0.25) is 19.3 Å². The average Bonchev–Trinajstić information content (AvgIpc) is 3.76. The monoisotopic (exact) mass is 854 g/mol. The Kier molecular flexibility index (Phi) is 14.7. The van der Waals surface area contributed by atoms with Crippen LogP contribution in [0.3, 0.4) is 0 Å². The van der Waals surface area contributed by atoms with Crippen LogP contribution >= 0.6 is 0 Å². The lowest BCUT2D eigenvalue weighted by molar-refractivity contribution is -0.114. The number of anilines is 3. The molecule has 0 unspecified atom stereocenters. The van der Waals surface area contributed by atoms with Gasteiger partial charge in [-0.15, -0.1) is 0 Å². The third-order valence-electron chi connectivity index (χ3n) is 12.2. The number of hydrogen-bond acceptors (Lipinski definition) is 8. The number of hydrogen-bond donors (Lipinski definition) is 3. The summed E-state index contributed by atoms with van der Waals surface area (Å²) in [4.78, 5) is 39.1. The summed E-state index contributed by atoms with van der Waals surface area (Å²) in [5.41, 5.74) is 10.8. The average molecular weight is 855 g/mol. The minimum atomic E-state index is -0.141. The topological polar surface area (TPSA) is 127 Å². The Labute approximate surface area is 372 Å². The summed E-state index contributed by atoms with van der Waals surface area (Å²) in [5, 5.41) is 8.63. The lowest BCUT2D eigenvalue weighted by Gasteiger charge is -2.27. The van der Waals surface area contributed by atoms with Crippen LogP contribution in [0.15, 0.2) is 66.7 Å². The fraction of sp³-hybridized carbons (Fsp3) is 0.404. The van der Waals surface area contributed by atoms with Crippen LogP contribution in [0.25, 0.3) is 23.3 Å². The van der Waals surface area contributed by atoms with Crippen LogP contribution in [-0.4, -0.2) is 76.3 Å². The van der Waals surface area contributed by atoms with Crippen LogP contribution in [0.5, 0.6) is 17.2 Å². The number of nitrogens with one attached hydrogen (secondary N) is 3. The van der Waals surface area contributed by atoms with E-state index in [0.29, 0.717) is 46.9 Å². The van der Waals surface area contributed by atoms with Crippen molar-refractivity contribution in [1.82, 2.24) is 4.90 Å². The van der Waals surface area contributed by atoms with E-state index in [2.05, 4.69) is 72.8 Å². The quantitative estimate of drug-likeness (QED) is 0.120. The van der Waals surface area contributed by atoms with E-state index in [4.69, 9.17) is 18.9 Å². The second kappa shape index (κ2) is 20.5. The molecule has 0 bridgehead atoms. The molecule has 11 heteroatoms. The molecule has 63 heavy (non-hydrogen) atoms. The van der Waals surface area contributed by atoms with Crippen molar-refractivity contribution >= 4 is 58.1 Å². The molecular formula is C52H62N4O7. The first-order chi connectivity index (χ1) is 30.4. The van der Waals surface area contributed by atoms with Crippen molar-refractivity contribution in [3.63, 3.8) is 0 Å². The van der Waals surface area contributed by atoms with Crippen LogP contribution in [0.1, 0.15) is 123 Å². The van der Waals surface area contributed by atoms with E-state index < -0.39 is 0 Å². The highest BCUT2D eigenvalue weighted by atomic mass is 16.5. The molecule has 1 saturated heterocycles. The number of morpholine rings is 1. The van der Waals surface area contributed by atoms with Gasteiger partial charge in [0, 0.05) is 60.2 Å². The maximum atomic E-state index is 12.8. The summed E-state index contributed by atoms with van der Waals surface area (Å²) in [6.07, 6.45) is 10.1. The van der Waals surface area contributed by atoms with Crippen molar-refractivity contribution in [2.24, 2.45) is 0 Å². The van der Waals surface area contributed by atoms with Gasteiger partial charge in [0.1, 0.15) is 23.9 Å². The number of rotatable bonds is 12. The van der Waals surface area contributed by atoms with E-state index in [-0.39, 0.29) is 17.7 Å². The molecule has 3 N–H and O–H groups in total. The van der Waals surface area contributed by atoms with Gasteiger partial charge in [0.15, 0.2) is 0 Å². The Morgan fingerprint density at radius 3 is 2.10 bits per heavy atom. The molecule has 4 aliphatic rings. The number of carbonyl (C=O) groups is 3. The Morgan fingerprint density at radius 2 is 1.44 bits per heavy atom. The van der Waals surface area contributed by atoms with Gasteiger partial charge < -0.3 is 34.9 Å². The molecule has 0 aromatic heterocycles. The summed E-state index contributed by atoms with van der Waals surface area (Å²) >= 11 is 0. The molecule has 4 aromatic carbocycles. The Hall–Kier alpha value is -5.91. The Bertz CT molecular complexity index is 2360. The third-order valence-corrected chi connectivity index (χ3v) is 12.2. The molecule has 8 rings (SSSR count). The number of nitrogens with zero attached hydrogens (tertiary/aromatic N) is 1. The van der Waals surface area contributed by atoms with E-state index >= 15 is 0 Å². The van der Waals surface area contributed by atoms with Crippen molar-refractivity contribution < 1.29 is 33.3 Å². The predicted octanol–water partition coefficient (Wildman–Crippen LogP) is 10.3. The molecule has 1 aliphatic carbocycles. The van der Waals surface area contributed by atoms with Crippen molar-refractivity contribution in [3.8, 4) is 17.2 Å². The summed E-state index contributed by atoms with van der Waals surface area (Å²) in [6.45, 7) is 15.2. The Balaban J connectivity index is 0.000000197. The molecule has 0 spiro atoms. The highest BCUT2D eigenvalue weighted by molar-refractivity contribution is 6.35. The predicted molar refractivity (Wildman–Crippen MR) is 253 cm³/mol. The number of fused-ring (bicyclic) bond motifs is 2. The van der Waals surface area contributed by atoms with E-state index in [1.807, 2.05) is 48.6 Å². The highest BCUT2D eigenvalue weighted by Crippen LogP contribution is 2.42. The number of benzene rings is 4. The van der Waals surface area contributed by atoms with Crippen LogP contribution in [-0.2, 0) is 19.1 Å². The SMILES string of the molecule is CC(=O)Nc1ccc2c(c1)NC(=O)C2=Cc1ccc(OCCN2CCOCC2)c(C2CCCCC2)c1.COc1ccc2c(c1)C(=Cc1cc(C(C)C)c(OC)c(C(C)C)c1)C(=O)N2. The van der Waals surface area contributed by atoms with E-state index in [9.17, 15) is 14.4 Å². The zero-order chi connectivity index (χ0) is 44.6. The van der Waals surface area contributed by atoms with Crippen molar-refractivity contribution in [2.45, 2.75) is 84.5 Å². The first-order valence-corrected chi connectivity index (χ1v) is 22.4. The molecule has 11 nitrogen and oxygen atoms in total. The van der Waals surface area contributed by atoms with Gasteiger partial charge in [-0.25, -0.2) is 0 Å². The fourth-order valence-electron chi connectivity index (χ4n) is 8.90. The van der Waals surface area contributed by atoms with Gasteiger partial charge in [0.25, 0.3) is 11.8 Å². The molecule has 0 radical (unpaired) electrons. The molecule has 4 aromatic rings. The molecule has 3 heterocycles. The van der Waals surface area contributed by atoms with E-state index in [1.54, 1.807) is 20.3 Å². The number of methoxy groups -OCH3 is 2. The lowest BCUT2D eigenvalue weighted by atomic mass is 9.83. The highest BCUT2D eigenvalue weighted by Gasteiger charge is 2.27. The van der Waals surface area contributed by atoms with Crippen LogP contribution in [0.4, 0.5) is 17.1 Å². The van der Waals surface area contributed by atoms with Gasteiger partial charge >= 0.3 is 0 Å². The normalized spacial score (nSPS) is 17.5. The van der Waals surface area contributed by atoms with Gasteiger partial charge in [0.05, 0.1) is 33.1 Å². The second-order valence-electron chi connectivity index (χ2n) is 17.4. The van der Waals surface area contributed by atoms with Gasteiger partial charge in [0.2, 0.25) is 5.91 Å².